The number of rotatable bonds is 11. The number of carbonyl (C=O) groups is 1. The van der Waals surface area contributed by atoms with Crippen molar-refractivity contribution in [2.45, 2.75) is 50.9 Å². The molecule has 10 heteroatoms. The quantitative estimate of drug-likeness (QED) is 0.300. The van der Waals surface area contributed by atoms with Gasteiger partial charge in [0.05, 0.1) is 17.2 Å². The first kappa shape index (κ1) is 29.4. The minimum absolute atomic E-state index is 0.0359. The van der Waals surface area contributed by atoms with Gasteiger partial charge in [0.2, 0.25) is 5.88 Å². The molecule has 3 rings (SSSR count). The van der Waals surface area contributed by atoms with Gasteiger partial charge in [-0.3, -0.25) is 4.79 Å². The number of aromatic nitrogens is 1. The number of carbonyl (C=O) groups excluding carboxylic acids is 1. The molecule has 206 valence electrons. The lowest BCUT2D eigenvalue weighted by Gasteiger charge is -2.30. The number of amides is 1. The highest BCUT2D eigenvalue weighted by molar-refractivity contribution is 5.85. The Bertz CT molecular complexity index is 1290. The molecule has 0 aliphatic rings. The van der Waals surface area contributed by atoms with Crippen molar-refractivity contribution in [3.05, 3.63) is 89.1 Å². The van der Waals surface area contributed by atoms with Gasteiger partial charge in [-0.25, -0.2) is 9.37 Å². The van der Waals surface area contributed by atoms with Crippen molar-refractivity contribution in [2.24, 2.45) is 0 Å². The van der Waals surface area contributed by atoms with E-state index in [1.165, 1.54) is 13.8 Å². The monoisotopic (exact) mass is 543 g/mol. The average Bonchev–Trinajstić information content (AvgIpc) is 2.90. The van der Waals surface area contributed by atoms with E-state index in [1.54, 1.807) is 30.3 Å². The van der Waals surface area contributed by atoms with E-state index in [0.29, 0.717) is 23.9 Å². The summed E-state index contributed by atoms with van der Waals surface area (Å²) < 4.78 is 61.8. The molecule has 2 atom stereocenters. The molecule has 1 amide bonds. The van der Waals surface area contributed by atoms with E-state index in [0.717, 1.165) is 23.3 Å². The van der Waals surface area contributed by atoms with E-state index < -0.39 is 36.0 Å². The van der Waals surface area contributed by atoms with Crippen LogP contribution in [0.15, 0.2) is 66.9 Å². The molecule has 0 spiro atoms. The lowest BCUT2D eigenvalue weighted by atomic mass is 9.85. The van der Waals surface area contributed by atoms with Crippen molar-refractivity contribution in [3.63, 3.8) is 0 Å². The molecular weight excluding hydrogens is 514 g/mol. The number of ether oxygens (including phenoxy) is 2. The molecule has 0 aliphatic heterocycles. The fourth-order valence-electron chi connectivity index (χ4n) is 3.95. The third kappa shape index (κ3) is 8.18. The Morgan fingerprint density at radius 1 is 1.10 bits per heavy atom. The van der Waals surface area contributed by atoms with Crippen LogP contribution in [0.5, 0.6) is 11.6 Å². The molecular formula is C29H29F4N3O3. The van der Waals surface area contributed by atoms with Gasteiger partial charge in [-0.2, -0.15) is 18.4 Å². The highest BCUT2D eigenvalue weighted by Gasteiger charge is 2.34. The molecule has 1 aromatic heterocycles. The summed E-state index contributed by atoms with van der Waals surface area (Å²) in [4.78, 5) is 16.9. The molecule has 0 aliphatic carbocycles. The van der Waals surface area contributed by atoms with Crippen molar-refractivity contribution >= 4 is 5.91 Å². The van der Waals surface area contributed by atoms with Gasteiger partial charge in [-0.05, 0) is 68.7 Å². The number of benzene rings is 2. The van der Waals surface area contributed by atoms with Crippen LogP contribution in [0.2, 0.25) is 0 Å². The predicted molar refractivity (Wildman–Crippen MR) is 137 cm³/mol. The van der Waals surface area contributed by atoms with E-state index in [1.807, 2.05) is 25.1 Å². The lowest BCUT2D eigenvalue weighted by Crippen LogP contribution is -2.51. The van der Waals surface area contributed by atoms with Gasteiger partial charge in [0, 0.05) is 24.2 Å². The van der Waals surface area contributed by atoms with Crippen molar-refractivity contribution in [1.29, 1.82) is 5.26 Å². The second kappa shape index (κ2) is 12.6. The van der Waals surface area contributed by atoms with Crippen LogP contribution in [0.3, 0.4) is 0 Å². The number of hydrogen-bond acceptors (Lipinski definition) is 5. The number of nitrogens with one attached hydrogen (secondary N) is 1. The zero-order valence-corrected chi connectivity index (χ0v) is 21.8. The molecule has 3 aromatic rings. The molecule has 1 N–H and O–H groups in total. The number of hydrogen-bond donors (Lipinski definition) is 1. The van der Waals surface area contributed by atoms with Crippen LogP contribution in [0.25, 0.3) is 0 Å². The molecule has 0 unspecified atom stereocenters. The van der Waals surface area contributed by atoms with Crippen LogP contribution in [0.1, 0.15) is 48.9 Å². The fourth-order valence-corrected chi connectivity index (χ4v) is 3.95. The summed E-state index contributed by atoms with van der Waals surface area (Å²) in [6.45, 7) is 4.19. The van der Waals surface area contributed by atoms with Crippen LogP contribution in [-0.4, -0.2) is 35.8 Å². The maximum atomic E-state index is 13.2. The predicted octanol–water partition coefficient (Wildman–Crippen LogP) is 6.01. The van der Waals surface area contributed by atoms with E-state index in [2.05, 4.69) is 16.4 Å². The summed E-state index contributed by atoms with van der Waals surface area (Å²) in [6, 6.07) is 17.9. The SMILES string of the molecule is C[C@H](NC(=O)C(C)(C)Oc1ccc(C(F)(F)F)cn1)[C@@H](Cc1ccc(OCCF)cc1)c1cccc(C#N)c1. The maximum Gasteiger partial charge on any atom is 0.417 e. The zero-order valence-electron chi connectivity index (χ0n) is 21.8. The second-order valence-corrected chi connectivity index (χ2v) is 9.49. The molecule has 6 nitrogen and oxygen atoms in total. The summed E-state index contributed by atoms with van der Waals surface area (Å²) in [5.74, 6) is -0.325. The topological polar surface area (TPSA) is 84.2 Å². The summed E-state index contributed by atoms with van der Waals surface area (Å²) in [7, 11) is 0. The third-order valence-corrected chi connectivity index (χ3v) is 6.10. The van der Waals surface area contributed by atoms with Crippen LogP contribution >= 0.6 is 0 Å². The number of halogens is 4. The van der Waals surface area contributed by atoms with Gasteiger partial charge >= 0.3 is 6.18 Å². The van der Waals surface area contributed by atoms with Gasteiger partial charge < -0.3 is 14.8 Å². The van der Waals surface area contributed by atoms with Crippen LogP contribution in [0, 0.1) is 11.3 Å². The highest BCUT2D eigenvalue weighted by Crippen LogP contribution is 2.30. The molecule has 0 fully saturated rings. The first-order valence-corrected chi connectivity index (χ1v) is 12.2. The van der Waals surface area contributed by atoms with E-state index in [4.69, 9.17) is 9.47 Å². The normalized spacial score (nSPS) is 13.2. The smallest absolute Gasteiger partial charge is 0.417 e. The lowest BCUT2D eigenvalue weighted by molar-refractivity contribution is -0.138. The Balaban J connectivity index is 1.78. The van der Waals surface area contributed by atoms with E-state index >= 15 is 0 Å². The van der Waals surface area contributed by atoms with Crippen molar-refractivity contribution in [2.75, 3.05) is 13.3 Å². The van der Waals surface area contributed by atoms with Gasteiger partial charge in [0.25, 0.3) is 5.91 Å². The van der Waals surface area contributed by atoms with E-state index in [-0.39, 0.29) is 18.4 Å². The first-order valence-electron chi connectivity index (χ1n) is 12.2. The summed E-state index contributed by atoms with van der Waals surface area (Å²) in [5.41, 5.74) is -0.128. The van der Waals surface area contributed by atoms with Crippen LogP contribution < -0.4 is 14.8 Å². The summed E-state index contributed by atoms with van der Waals surface area (Å²) >= 11 is 0. The number of pyridine rings is 1. The maximum absolute atomic E-state index is 13.2. The minimum Gasteiger partial charge on any atom is -0.491 e. The first-order chi connectivity index (χ1) is 18.4. The molecule has 2 aromatic carbocycles. The third-order valence-electron chi connectivity index (χ3n) is 6.10. The van der Waals surface area contributed by atoms with Gasteiger partial charge in [0.1, 0.15) is 19.0 Å². The standard InChI is InChI=1S/C29H29F4N3O3/c1-19(36-27(37)28(2,3)39-26-12-9-23(18-35-26)29(31,32)33)25(22-6-4-5-21(15-22)17-34)16-20-7-10-24(11-8-20)38-14-13-30/h4-12,15,18-19,25H,13-14,16H2,1-3H3,(H,36,37)/t19-,25+/m0/s1. The Hall–Kier alpha value is -4.13. The van der Waals surface area contributed by atoms with Crippen molar-refractivity contribution < 1.29 is 31.8 Å². The van der Waals surface area contributed by atoms with Gasteiger partial charge in [0.15, 0.2) is 5.60 Å². The largest absolute Gasteiger partial charge is 0.491 e. The Morgan fingerprint density at radius 3 is 2.41 bits per heavy atom. The Kier molecular flexibility index (Phi) is 9.51. The molecule has 0 radical (unpaired) electrons. The van der Waals surface area contributed by atoms with Crippen molar-refractivity contribution in [1.82, 2.24) is 10.3 Å². The van der Waals surface area contributed by atoms with Crippen LogP contribution in [-0.2, 0) is 17.4 Å². The minimum atomic E-state index is -4.53. The van der Waals surface area contributed by atoms with Crippen LogP contribution in [0.4, 0.5) is 17.6 Å². The molecule has 0 bridgehead atoms. The van der Waals surface area contributed by atoms with E-state index in [9.17, 15) is 27.6 Å². The molecule has 39 heavy (non-hydrogen) atoms. The summed E-state index contributed by atoms with van der Waals surface area (Å²) in [5, 5.41) is 12.3. The zero-order chi connectivity index (χ0) is 28.6. The van der Waals surface area contributed by atoms with Gasteiger partial charge in [-0.1, -0.05) is 24.3 Å². The molecule has 0 saturated heterocycles. The number of nitrogens with zero attached hydrogens (tertiary/aromatic N) is 2. The Morgan fingerprint density at radius 2 is 1.82 bits per heavy atom. The second-order valence-electron chi connectivity index (χ2n) is 9.49. The number of alkyl halides is 4. The number of nitriles is 1. The summed E-state index contributed by atoms with van der Waals surface area (Å²) in [6.07, 6.45) is -3.38. The fraction of sp³-hybridized carbons (Fsp3) is 0.345. The Labute approximate surface area is 224 Å². The molecule has 1 heterocycles. The van der Waals surface area contributed by atoms with Crippen molar-refractivity contribution in [3.8, 4) is 17.7 Å². The van der Waals surface area contributed by atoms with Gasteiger partial charge in [-0.15, -0.1) is 0 Å². The highest BCUT2D eigenvalue weighted by atomic mass is 19.4. The molecule has 0 saturated carbocycles. The average molecular weight is 544 g/mol.